The summed E-state index contributed by atoms with van der Waals surface area (Å²) in [6, 6.07) is 0. The lowest BCUT2D eigenvalue weighted by Gasteiger charge is -2.05. The molecule has 0 aliphatic heterocycles. The van der Waals surface area contributed by atoms with E-state index in [0.717, 1.165) is 0 Å². The Hall–Kier alpha value is -0.250. The van der Waals surface area contributed by atoms with E-state index in [9.17, 15) is 18.3 Å². The molecule has 1 atom stereocenters. The first-order valence-corrected chi connectivity index (χ1v) is 2.64. The maximum atomic E-state index is 11.3. The van der Waals surface area contributed by atoms with Crippen molar-refractivity contribution in [3.63, 3.8) is 0 Å². The highest BCUT2D eigenvalue weighted by molar-refractivity contribution is 4.53. The van der Waals surface area contributed by atoms with Gasteiger partial charge in [0.15, 0.2) is 0 Å². The molecule has 1 nitrogen and oxygen atoms in total. The zero-order valence-corrected chi connectivity index (χ0v) is 5.03. The maximum absolute atomic E-state index is 11.3. The average Bonchev–Trinajstić information content (AvgIpc) is 1.59. The third-order valence-electron chi connectivity index (χ3n) is 0.834. The van der Waals surface area contributed by atoms with Crippen LogP contribution in [-0.2, 0) is 5.11 Å². The summed E-state index contributed by atoms with van der Waals surface area (Å²) in [6.45, 7) is 1.23. The highest BCUT2D eigenvalue weighted by Gasteiger charge is 2.27. The standard InChI is InChI=1S/C5H8F3O/c1-4(9)2-3-5(6,7)8/h4H,2-3H2,1H3. The van der Waals surface area contributed by atoms with Crippen molar-refractivity contribution in [1.29, 1.82) is 0 Å². The predicted octanol–water partition coefficient (Wildman–Crippen LogP) is 2.15. The number of alkyl halides is 3. The molecule has 0 spiro atoms. The first-order chi connectivity index (χ1) is 3.92. The third-order valence-corrected chi connectivity index (χ3v) is 0.834. The predicted molar refractivity (Wildman–Crippen MR) is 25.4 cm³/mol. The van der Waals surface area contributed by atoms with Crippen LogP contribution in [0.4, 0.5) is 13.2 Å². The van der Waals surface area contributed by atoms with E-state index in [0.29, 0.717) is 0 Å². The van der Waals surface area contributed by atoms with Crippen molar-refractivity contribution in [2.24, 2.45) is 0 Å². The highest BCUT2D eigenvalue weighted by atomic mass is 19.4. The Bertz CT molecular complexity index is 76.8. The summed E-state index contributed by atoms with van der Waals surface area (Å²) in [5.74, 6) is 0. The van der Waals surface area contributed by atoms with Gasteiger partial charge in [-0.25, -0.2) is 5.11 Å². The topological polar surface area (TPSA) is 19.9 Å². The fraction of sp³-hybridized carbons (Fsp3) is 1.00. The molecule has 0 N–H and O–H groups in total. The monoisotopic (exact) mass is 141 g/mol. The molecule has 0 fully saturated rings. The number of hydrogen-bond donors (Lipinski definition) is 0. The van der Waals surface area contributed by atoms with Crippen LogP contribution in [0.15, 0.2) is 0 Å². The molecule has 9 heavy (non-hydrogen) atoms. The molecule has 0 aliphatic carbocycles. The Morgan fingerprint density at radius 3 is 2.00 bits per heavy atom. The van der Waals surface area contributed by atoms with Crippen LogP contribution < -0.4 is 0 Å². The van der Waals surface area contributed by atoms with Gasteiger partial charge in [-0.3, -0.25) is 0 Å². The number of rotatable bonds is 2. The van der Waals surface area contributed by atoms with Gasteiger partial charge in [0.2, 0.25) is 0 Å². The molecule has 0 rings (SSSR count). The van der Waals surface area contributed by atoms with Crippen molar-refractivity contribution in [3.8, 4) is 0 Å². The zero-order valence-electron chi connectivity index (χ0n) is 5.03. The molecule has 0 saturated heterocycles. The highest BCUT2D eigenvalue weighted by Crippen LogP contribution is 2.21. The molecular formula is C5H8F3O. The van der Waals surface area contributed by atoms with E-state index in [2.05, 4.69) is 0 Å². The van der Waals surface area contributed by atoms with Gasteiger partial charge in [0.05, 0.1) is 6.10 Å². The lowest BCUT2D eigenvalue weighted by molar-refractivity contribution is -0.141. The SMILES string of the molecule is CC([O])CCC(F)(F)F. The molecular weight excluding hydrogens is 133 g/mol. The minimum absolute atomic E-state index is 0.316. The molecule has 0 saturated carbocycles. The van der Waals surface area contributed by atoms with Gasteiger partial charge in [-0.05, 0) is 13.3 Å². The van der Waals surface area contributed by atoms with Crippen molar-refractivity contribution in [1.82, 2.24) is 0 Å². The first-order valence-electron chi connectivity index (χ1n) is 2.64. The van der Waals surface area contributed by atoms with E-state index in [4.69, 9.17) is 0 Å². The van der Waals surface area contributed by atoms with E-state index in [1.165, 1.54) is 6.92 Å². The summed E-state index contributed by atoms with van der Waals surface area (Å²) in [7, 11) is 0. The van der Waals surface area contributed by atoms with Crippen LogP contribution >= 0.6 is 0 Å². The van der Waals surface area contributed by atoms with Gasteiger partial charge in [0, 0.05) is 6.42 Å². The van der Waals surface area contributed by atoms with Crippen molar-refractivity contribution in [3.05, 3.63) is 0 Å². The first kappa shape index (κ1) is 8.75. The summed E-state index contributed by atoms with van der Waals surface area (Å²) in [5, 5.41) is 10.1. The van der Waals surface area contributed by atoms with E-state index >= 15 is 0 Å². The molecule has 0 heterocycles. The minimum atomic E-state index is -4.17. The van der Waals surface area contributed by atoms with Crippen LogP contribution in [0.2, 0.25) is 0 Å². The van der Waals surface area contributed by atoms with E-state index in [1.54, 1.807) is 0 Å². The molecule has 55 valence electrons. The smallest absolute Gasteiger partial charge is 0.233 e. The Balaban J connectivity index is 3.28. The molecule has 0 aromatic rings. The molecule has 0 bridgehead atoms. The van der Waals surface area contributed by atoms with Crippen LogP contribution in [0.25, 0.3) is 0 Å². The van der Waals surface area contributed by atoms with Gasteiger partial charge in [-0.2, -0.15) is 13.2 Å². The molecule has 0 amide bonds. The average molecular weight is 141 g/mol. The fourth-order valence-electron chi connectivity index (χ4n) is 0.367. The molecule has 1 unspecified atom stereocenters. The van der Waals surface area contributed by atoms with Gasteiger partial charge in [-0.15, -0.1) is 0 Å². The summed E-state index contributed by atoms with van der Waals surface area (Å²) >= 11 is 0. The van der Waals surface area contributed by atoms with Crippen LogP contribution in [0.1, 0.15) is 19.8 Å². The van der Waals surface area contributed by atoms with Crippen molar-refractivity contribution in [2.45, 2.75) is 32.0 Å². The zero-order chi connectivity index (χ0) is 7.49. The van der Waals surface area contributed by atoms with Crippen molar-refractivity contribution < 1.29 is 18.3 Å². The van der Waals surface area contributed by atoms with Crippen LogP contribution in [0.5, 0.6) is 0 Å². The van der Waals surface area contributed by atoms with E-state index < -0.39 is 18.7 Å². The molecule has 0 aromatic carbocycles. The fourth-order valence-corrected chi connectivity index (χ4v) is 0.367. The molecule has 0 aliphatic rings. The normalized spacial score (nSPS) is 15.7. The molecule has 1 radical (unpaired) electrons. The van der Waals surface area contributed by atoms with Crippen LogP contribution in [-0.4, -0.2) is 12.3 Å². The molecule has 4 heteroatoms. The van der Waals surface area contributed by atoms with E-state index in [1.807, 2.05) is 0 Å². The quantitative estimate of drug-likeness (QED) is 0.561. The van der Waals surface area contributed by atoms with Gasteiger partial charge in [0.1, 0.15) is 0 Å². The second-order valence-electron chi connectivity index (χ2n) is 1.96. The lowest BCUT2D eigenvalue weighted by Crippen LogP contribution is -2.10. The summed E-state index contributed by atoms with van der Waals surface area (Å²) in [6.07, 6.45) is -6.55. The maximum Gasteiger partial charge on any atom is 0.389 e. The number of hydrogen-bond acceptors (Lipinski definition) is 0. The van der Waals surface area contributed by atoms with Gasteiger partial charge >= 0.3 is 6.18 Å². The van der Waals surface area contributed by atoms with Gasteiger partial charge in [0.25, 0.3) is 0 Å². The second-order valence-corrected chi connectivity index (χ2v) is 1.96. The minimum Gasteiger partial charge on any atom is -0.233 e. The lowest BCUT2D eigenvalue weighted by atomic mass is 10.2. The summed E-state index contributed by atoms with van der Waals surface area (Å²) in [4.78, 5) is 0. The van der Waals surface area contributed by atoms with Crippen LogP contribution in [0.3, 0.4) is 0 Å². The second kappa shape index (κ2) is 3.06. The van der Waals surface area contributed by atoms with Gasteiger partial charge in [-0.1, -0.05) is 0 Å². The Labute approximate surface area is 51.5 Å². The van der Waals surface area contributed by atoms with E-state index in [-0.39, 0.29) is 6.42 Å². The van der Waals surface area contributed by atoms with Gasteiger partial charge < -0.3 is 0 Å². The Kier molecular flexibility index (Phi) is 2.97. The van der Waals surface area contributed by atoms with Crippen molar-refractivity contribution in [2.75, 3.05) is 0 Å². The van der Waals surface area contributed by atoms with Crippen molar-refractivity contribution >= 4 is 0 Å². The summed E-state index contributed by atoms with van der Waals surface area (Å²) < 4.78 is 33.8. The number of halogens is 3. The Morgan fingerprint density at radius 2 is 1.89 bits per heavy atom. The summed E-state index contributed by atoms with van der Waals surface area (Å²) in [5.41, 5.74) is 0. The van der Waals surface area contributed by atoms with Crippen LogP contribution in [0, 0.1) is 0 Å². The Morgan fingerprint density at radius 1 is 1.44 bits per heavy atom. The third kappa shape index (κ3) is 7.75. The molecule has 0 aromatic heterocycles. The largest absolute Gasteiger partial charge is 0.389 e.